The van der Waals surface area contributed by atoms with Gasteiger partial charge in [0.15, 0.2) is 0 Å². The highest BCUT2D eigenvalue weighted by Crippen LogP contribution is 2.40. The predicted molar refractivity (Wildman–Crippen MR) is 124 cm³/mol. The van der Waals surface area contributed by atoms with Crippen LogP contribution in [-0.4, -0.2) is 43.8 Å². The number of benzene rings is 3. The molecular weight excluding hydrogens is 418 g/mol. The number of carbonyl (C=O) groups excluding carboxylic acids is 2. The highest BCUT2D eigenvalue weighted by Gasteiger charge is 2.51. The summed E-state index contributed by atoms with van der Waals surface area (Å²) in [6.07, 6.45) is -0.296. The van der Waals surface area contributed by atoms with Gasteiger partial charge in [-0.2, -0.15) is 0 Å². The molecule has 2 atom stereocenters. The van der Waals surface area contributed by atoms with E-state index in [1.54, 1.807) is 7.11 Å². The van der Waals surface area contributed by atoms with Gasteiger partial charge < -0.3 is 14.2 Å². The van der Waals surface area contributed by atoms with E-state index < -0.39 is 23.7 Å². The van der Waals surface area contributed by atoms with E-state index in [-0.39, 0.29) is 19.6 Å². The van der Waals surface area contributed by atoms with Crippen LogP contribution >= 0.6 is 0 Å². The van der Waals surface area contributed by atoms with Crippen LogP contribution in [0, 0.1) is 0 Å². The van der Waals surface area contributed by atoms with E-state index in [1.807, 2.05) is 72.8 Å². The molecule has 1 amide bonds. The summed E-state index contributed by atoms with van der Waals surface area (Å²) in [7, 11) is 2.91. The Bertz CT molecular complexity index is 1080. The van der Waals surface area contributed by atoms with Crippen molar-refractivity contribution in [3.05, 3.63) is 96.1 Å². The fourth-order valence-corrected chi connectivity index (χ4v) is 4.28. The summed E-state index contributed by atoms with van der Waals surface area (Å²) in [6, 6.07) is 26.7. The van der Waals surface area contributed by atoms with Crippen LogP contribution in [0.2, 0.25) is 0 Å². The number of likely N-dealkylation sites (tertiary alicyclic amines) is 1. The third kappa shape index (κ3) is 4.76. The second-order valence-corrected chi connectivity index (χ2v) is 8.05. The van der Waals surface area contributed by atoms with Crippen LogP contribution in [0.25, 0.3) is 11.1 Å². The lowest BCUT2D eigenvalue weighted by Crippen LogP contribution is -2.42. The van der Waals surface area contributed by atoms with Crippen molar-refractivity contribution in [2.45, 2.75) is 24.7 Å². The summed E-state index contributed by atoms with van der Waals surface area (Å²) >= 11 is 0. The Morgan fingerprint density at radius 3 is 2.09 bits per heavy atom. The predicted octanol–water partition coefficient (Wildman–Crippen LogP) is 4.78. The molecule has 1 aliphatic heterocycles. The molecule has 6 heteroatoms. The molecule has 33 heavy (non-hydrogen) atoms. The Labute approximate surface area is 193 Å². The second kappa shape index (κ2) is 9.88. The first-order valence-corrected chi connectivity index (χ1v) is 10.8. The molecule has 0 spiro atoms. The maximum atomic E-state index is 13.0. The largest absolute Gasteiger partial charge is 0.467 e. The molecule has 0 aliphatic carbocycles. The van der Waals surface area contributed by atoms with Crippen LogP contribution in [0.5, 0.6) is 0 Å². The normalized spacial score (nSPS) is 19.8. The van der Waals surface area contributed by atoms with Gasteiger partial charge in [0.05, 0.1) is 13.7 Å². The molecule has 1 fully saturated rings. The Morgan fingerprint density at radius 1 is 0.879 bits per heavy atom. The van der Waals surface area contributed by atoms with Crippen LogP contribution in [0.3, 0.4) is 0 Å². The fourth-order valence-electron chi connectivity index (χ4n) is 4.28. The lowest BCUT2D eigenvalue weighted by atomic mass is 9.89. The lowest BCUT2D eigenvalue weighted by Gasteiger charge is -2.28. The number of methoxy groups -OCH3 is 2. The Morgan fingerprint density at radius 2 is 1.48 bits per heavy atom. The quantitative estimate of drug-likeness (QED) is 0.511. The first kappa shape index (κ1) is 22.6. The highest BCUT2D eigenvalue weighted by atomic mass is 16.6. The Balaban J connectivity index is 1.56. The van der Waals surface area contributed by atoms with Crippen molar-refractivity contribution >= 4 is 12.1 Å². The number of hydrogen-bond donors (Lipinski definition) is 0. The zero-order valence-corrected chi connectivity index (χ0v) is 18.8. The SMILES string of the molecule is COC(=O)[C@H]1C[C@@](OC)(c2ccc(-c3ccccc3)cc2)CN1C(=O)OCc1ccccc1. The summed E-state index contributed by atoms with van der Waals surface area (Å²) in [5.41, 5.74) is 3.10. The van der Waals surface area contributed by atoms with Gasteiger partial charge in [-0.05, 0) is 22.3 Å². The number of hydrogen-bond acceptors (Lipinski definition) is 5. The van der Waals surface area contributed by atoms with Crippen LogP contribution in [0.15, 0.2) is 84.9 Å². The number of esters is 1. The average molecular weight is 446 g/mol. The van der Waals surface area contributed by atoms with Gasteiger partial charge in [-0.25, -0.2) is 9.59 Å². The minimum atomic E-state index is -0.847. The van der Waals surface area contributed by atoms with E-state index in [4.69, 9.17) is 14.2 Å². The molecule has 170 valence electrons. The molecule has 3 aromatic carbocycles. The maximum absolute atomic E-state index is 13.0. The molecule has 1 saturated heterocycles. The van der Waals surface area contributed by atoms with E-state index in [0.717, 1.165) is 22.3 Å². The van der Waals surface area contributed by atoms with Crippen molar-refractivity contribution in [3.63, 3.8) is 0 Å². The Kier molecular flexibility index (Phi) is 6.75. The molecule has 1 aliphatic rings. The van der Waals surface area contributed by atoms with E-state index >= 15 is 0 Å². The molecule has 4 rings (SSSR count). The van der Waals surface area contributed by atoms with E-state index in [9.17, 15) is 9.59 Å². The molecular formula is C27H27NO5. The van der Waals surface area contributed by atoms with Crippen LogP contribution < -0.4 is 0 Å². The van der Waals surface area contributed by atoms with Gasteiger partial charge in [0, 0.05) is 13.5 Å². The van der Waals surface area contributed by atoms with Crippen molar-refractivity contribution in [3.8, 4) is 11.1 Å². The Hall–Kier alpha value is -3.64. The third-order valence-electron chi connectivity index (χ3n) is 6.15. The topological polar surface area (TPSA) is 65.1 Å². The van der Waals surface area contributed by atoms with Gasteiger partial charge >= 0.3 is 12.1 Å². The van der Waals surface area contributed by atoms with Crippen LogP contribution in [-0.2, 0) is 31.2 Å². The summed E-state index contributed by atoms with van der Waals surface area (Å²) in [4.78, 5) is 26.9. The first-order valence-electron chi connectivity index (χ1n) is 10.8. The number of ether oxygens (including phenoxy) is 3. The monoisotopic (exact) mass is 445 g/mol. The van der Waals surface area contributed by atoms with Crippen LogP contribution in [0.1, 0.15) is 17.5 Å². The molecule has 0 aromatic heterocycles. The van der Waals surface area contributed by atoms with Gasteiger partial charge in [-0.1, -0.05) is 84.9 Å². The number of amides is 1. The fraction of sp³-hybridized carbons (Fsp3) is 0.259. The molecule has 3 aromatic rings. The minimum absolute atomic E-state index is 0.121. The maximum Gasteiger partial charge on any atom is 0.410 e. The molecule has 1 heterocycles. The second-order valence-electron chi connectivity index (χ2n) is 8.05. The standard InChI is InChI=1S/C27H27NO5/c1-31-25(29)24-17-27(32-2,19-28(24)26(30)33-18-20-9-5-3-6-10-20)23-15-13-22(14-16-23)21-11-7-4-8-12-21/h3-16,24H,17-19H2,1-2H3/t24-,27+/m1/s1. The van der Waals surface area contributed by atoms with Crippen molar-refractivity contribution < 1.29 is 23.8 Å². The van der Waals surface area contributed by atoms with Crippen molar-refractivity contribution in [2.24, 2.45) is 0 Å². The molecule has 0 bridgehead atoms. The third-order valence-corrected chi connectivity index (χ3v) is 6.15. The van der Waals surface area contributed by atoms with Crippen LogP contribution in [0.4, 0.5) is 4.79 Å². The van der Waals surface area contributed by atoms with E-state index in [0.29, 0.717) is 0 Å². The summed E-state index contributed by atoms with van der Waals surface area (Å²) < 4.78 is 16.4. The summed E-state index contributed by atoms with van der Waals surface area (Å²) in [5.74, 6) is -0.494. The molecule has 6 nitrogen and oxygen atoms in total. The van der Waals surface area contributed by atoms with Gasteiger partial charge in [-0.3, -0.25) is 4.90 Å². The number of rotatable bonds is 6. The first-order chi connectivity index (χ1) is 16.1. The summed E-state index contributed by atoms with van der Waals surface area (Å²) in [5, 5.41) is 0. The van der Waals surface area contributed by atoms with Gasteiger partial charge in [0.25, 0.3) is 0 Å². The smallest absolute Gasteiger partial charge is 0.410 e. The van der Waals surface area contributed by atoms with Gasteiger partial charge in [-0.15, -0.1) is 0 Å². The zero-order valence-electron chi connectivity index (χ0n) is 18.8. The van der Waals surface area contributed by atoms with Crippen molar-refractivity contribution in [1.82, 2.24) is 4.90 Å². The minimum Gasteiger partial charge on any atom is -0.467 e. The van der Waals surface area contributed by atoms with E-state index in [2.05, 4.69) is 12.1 Å². The number of nitrogens with zero attached hydrogens (tertiary/aromatic N) is 1. The highest BCUT2D eigenvalue weighted by molar-refractivity contribution is 5.82. The molecule has 0 radical (unpaired) electrons. The number of carbonyl (C=O) groups is 2. The van der Waals surface area contributed by atoms with Gasteiger partial charge in [0.2, 0.25) is 0 Å². The lowest BCUT2D eigenvalue weighted by molar-refractivity contribution is -0.145. The average Bonchev–Trinajstić information content (AvgIpc) is 3.29. The molecule has 0 unspecified atom stereocenters. The van der Waals surface area contributed by atoms with Crippen molar-refractivity contribution in [2.75, 3.05) is 20.8 Å². The van der Waals surface area contributed by atoms with E-state index in [1.165, 1.54) is 12.0 Å². The molecule has 0 saturated carbocycles. The van der Waals surface area contributed by atoms with Crippen molar-refractivity contribution in [1.29, 1.82) is 0 Å². The summed E-state index contributed by atoms with van der Waals surface area (Å²) in [6.45, 7) is 0.303. The van der Waals surface area contributed by atoms with Gasteiger partial charge in [0.1, 0.15) is 18.2 Å². The zero-order chi connectivity index (χ0) is 23.3. The molecule has 0 N–H and O–H groups in total.